The zero-order valence-electron chi connectivity index (χ0n) is 11.5. The molecule has 4 heteroatoms. The molecule has 2 heterocycles. The first kappa shape index (κ1) is 12.1. The van der Waals surface area contributed by atoms with Gasteiger partial charge in [0.25, 0.3) is 0 Å². The number of rotatable bonds is 2. The summed E-state index contributed by atoms with van der Waals surface area (Å²) >= 11 is 0. The highest BCUT2D eigenvalue weighted by Crippen LogP contribution is 2.34. The molecule has 1 aromatic carbocycles. The zero-order valence-corrected chi connectivity index (χ0v) is 11.5. The van der Waals surface area contributed by atoms with Gasteiger partial charge in [0.1, 0.15) is 0 Å². The van der Waals surface area contributed by atoms with E-state index in [0.717, 1.165) is 50.5 Å². The molecule has 0 atom stereocenters. The first-order valence-corrected chi connectivity index (χ1v) is 7.51. The van der Waals surface area contributed by atoms with Crippen LogP contribution in [0.3, 0.4) is 0 Å². The molecule has 0 bridgehead atoms. The average molecular weight is 269 g/mol. The van der Waals surface area contributed by atoms with Crippen LogP contribution in [-0.4, -0.2) is 23.2 Å². The lowest BCUT2D eigenvalue weighted by Crippen LogP contribution is -2.27. The van der Waals surface area contributed by atoms with E-state index in [-0.39, 0.29) is 0 Å². The van der Waals surface area contributed by atoms with Crippen molar-refractivity contribution in [2.24, 2.45) is 0 Å². The molecular formula is C16H19N3O. The number of aromatic nitrogens is 2. The first-order valence-electron chi connectivity index (χ1n) is 7.51. The van der Waals surface area contributed by atoms with E-state index in [1.54, 1.807) is 0 Å². The monoisotopic (exact) mass is 269 g/mol. The number of nitrogens with zero attached hydrogens (tertiary/aromatic N) is 2. The van der Waals surface area contributed by atoms with Crippen molar-refractivity contribution in [1.82, 2.24) is 15.5 Å². The lowest BCUT2D eigenvalue weighted by atomic mass is 9.97. The van der Waals surface area contributed by atoms with Crippen molar-refractivity contribution >= 4 is 0 Å². The molecule has 1 fully saturated rings. The molecule has 1 aliphatic heterocycles. The van der Waals surface area contributed by atoms with Crippen LogP contribution in [0.4, 0.5) is 0 Å². The lowest BCUT2D eigenvalue weighted by Gasteiger charge is -2.19. The Labute approximate surface area is 118 Å². The summed E-state index contributed by atoms with van der Waals surface area (Å²) in [5.74, 6) is 2.58. The van der Waals surface area contributed by atoms with Gasteiger partial charge in [0.05, 0.1) is 0 Å². The van der Waals surface area contributed by atoms with Gasteiger partial charge in [0.2, 0.25) is 5.89 Å². The van der Waals surface area contributed by atoms with Gasteiger partial charge in [-0.1, -0.05) is 29.4 Å². The van der Waals surface area contributed by atoms with Crippen molar-refractivity contribution in [3.05, 3.63) is 47.1 Å². The molecule has 104 valence electrons. The van der Waals surface area contributed by atoms with E-state index in [0.29, 0.717) is 11.8 Å². The molecule has 0 amide bonds. The zero-order chi connectivity index (χ0) is 13.4. The van der Waals surface area contributed by atoms with Crippen molar-refractivity contribution in [2.75, 3.05) is 13.1 Å². The smallest absolute Gasteiger partial charge is 0.230 e. The molecule has 1 aliphatic carbocycles. The van der Waals surface area contributed by atoms with E-state index in [4.69, 9.17) is 9.51 Å². The summed E-state index contributed by atoms with van der Waals surface area (Å²) in [6, 6.07) is 8.63. The van der Waals surface area contributed by atoms with Crippen LogP contribution in [0, 0.1) is 0 Å². The molecule has 0 unspecified atom stereocenters. The minimum atomic E-state index is 0.371. The Morgan fingerprint density at radius 1 is 1.00 bits per heavy atom. The Kier molecular flexibility index (Phi) is 3.03. The first-order chi connectivity index (χ1) is 9.90. The number of nitrogens with one attached hydrogen (secondary N) is 1. The minimum absolute atomic E-state index is 0.371. The van der Waals surface area contributed by atoms with Crippen LogP contribution in [0.1, 0.15) is 47.5 Å². The Morgan fingerprint density at radius 3 is 2.40 bits per heavy atom. The van der Waals surface area contributed by atoms with Gasteiger partial charge in [-0.25, -0.2) is 0 Å². The fourth-order valence-corrected chi connectivity index (χ4v) is 3.39. The highest BCUT2D eigenvalue weighted by molar-refractivity contribution is 5.34. The molecule has 2 aromatic rings. The van der Waals surface area contributed by atoms with Crippen LogP contribution in [0.5, 0.6) is 0 Å². The number of piperidine rings is 1. The molecule has 0 spiro atoms. The van der Waals surface area contributed by atoms with Crippen LogP contribution in [0.15, 0.2) is 28.8 Å². The molecule has 0 radical (unpaired) electrons. The van der Waals surface area contributed by atoms with Crippen LogP contribution < -0.4 is 5.32 Å². The number of hydrogen-bond donors (Lipinski definition) is 1. The molecule has 4 rings (SSSR count). The third-order valence-electron chi connectivity index (χ3n) is 4.56. The molecule has 1 saturated heterocycles. The lowest BCUT2D eigenvalue weighted by molar-refractivity contribution is 0.343. The summed E-state index contributed by atoms with van der Waals surface area (Å²) in [6.45, 7) is 2.12. The molecule has 1 N–H and O–H groups in total. The van der Waals surface area contributed by atoms with E-state index in [2.05, 4.69) is 34.7 Å². The fraction of sp³-hybridized carbons (Fsp3) is 0.500. The predicted octanol–water partition coefficient (Wildman–Crippen LogP) is 2.42. The van der Waals surface area contributed by atoms with Gasteiger partial charge in [-0.3, -0.25) is 0 Å². The van der Waals surface area contributed by atoms with E-state index < -0.39 is 0 Å². The molecule has 4 nitrogen and oxygen atoms in total. The van der Waals surface area contributed by atoms with Crippen molar-refractivity contribution < 1.29 is 4.52 Å². The quantitative estimate of drug-likeness (QED) is 0.909. The summed E-state index contributed by atoms with van der Waals surface area (Å²) in [5, 5.41) is 7.61. The highest BCUT2D eigenvalue weighted by Gasteiger charge is 2.28. The van der Waals surface area contributed by atoms with Gasteiger partial charge in [-0.15, -0.1) is 0 Å². The third kappa shape index (κ3) is 2.14. The van der Waals surface area contributed by atoms with Gasteiger partial charge in [0.15, 0.2) is 5.82 Å². The molecule has 0 saturated carbocycles. The van der Waals surface area contributed by atoms with E-state index >= 15 is 0 Å². The molecule has 1 aromatic heterocycles. The summed E-state index contributed by atoms with van der Waals surface area (Å²) in [4.78, 5) is 4.69. The second-order valence-corrected chi connectivity index (χ2v) is 5.89. The maximum absolute atomic E-state index is 5.55. The minimum Gasteiger partial charge on any atom is -0.339 e. The van der Waals surface area contributed by atoms with E-state index in [1.165, 1.54) is 11.1 Å². The summed E-state index contributed by atoms with van der Waals surface area (Å²) in [7, 11) is 0. The Morgan fingerprint density at radius 2 is 1.70 bits per heavy atom. The van der Waals surface area contributed by atoms with E-state index in [9.17, 15) is 0 Å². The van der Waals surface area contributed by atoms with Gasteiger partial charge in [-0.05, 0) is 49.9 Å². The molecule has 20 heavy (non-hydrogen) atoms. The van der Waals surface area contributed by atoms with Gasteiger partial charge < -0.3 is 9.84 Å². The second kappa shape index (κ2) is 5.02. The molecule has 2 aliphatic rings. The highest BCUT2D eigenvalue weighted by atomic mass is 16.5. The van der Waals surface area contributed by atoms with Gasteiger partial charge in [0, 0.05) is 11.8 Å². The van der Waals surface area contributed by atoms with Crippen LogP contribution in [0.2, 0.25) is 0 Å². The summed E-state index contributed by atoms with van der Waals surface area (Å²) in [6.07, 6.45) is 4.29. The third-order valence-corrected chi connectivity index (χ3v) is 4.56. The Bertz CT molecular complexity index is 576. The van der Waals surface area contributed by atoms with Crippen molar-refractivity contribution in [3.8, 4) is 0 Å². The average Bonchev–Trinajstić information content (AvgIpc) is 3.14. The fourth-order valence-electron chi connectivity index (χ4n) is 3.39. The van der Waals surface area contributed by atoms with E-state index in [1.807, 2.05) is 0 Å². The predicted molar refractivity (Wildman–Crippen MR) is 75.7 cm³/mol. The van der Waals surface area contributed by atoms with Gasteiger partial charge >= 0.3 is 0 Å². The van der Waals surface area contributed by atoms with Crippen molar-refractivity contribution in [3.63, 3.8) is 0 Å². The van der Waals surface area contributed by atoms with Crippen LogP contribution >= 0.6 is 0 Å². The largest absolute Gasteiger partial charge is 0.339 e. The maximum atomic E-state index is 5.55. The SMILES string of the molecule is c1ccc2c(c1)CC(c1nc(C3CCNCC3)no1)C2. The summed E-state index contributed by atoms with van der Waals surface area (Å²) in [5.41, 5.74) is 2.86. The van der Waals surface area contributed by atoms with Crippen molar-refractivity contribution in [2.45, 2.75) is 37.5 Å². The standard InChI is InChI=1S/C16H19N3O/c1-2-4-13-10-14(9-12(13)3-1)16-18-15(19-20-16)11-5-7-17-8-6-11/h1-4,11,14,17H,5-10H2. The topological polar surface area (TPSA) is 51.0 Å². The Hall–Kier alpha value is -1.68. The number of hydrogen-bond acceptors (Lipinski definition) is 4. The van der Waals surface area contributed by atoms with Crippen molar-refractivity contribution in [1.29, 1.82) is 0 Å². The van der Waals surface area contributed by atoms with Crippen LogP contribution in [0.25, 0.3) is 0 Å². The van der Waals surface area contributed by atoms with Gasteiger partial charge in [-0.2, -0.15) is 4.98 Å². The normalized spacial score (nSPS) is 20.2. The number of benzene rings is 1. The molecular weight excluding hydrogens is 250 g/mol. The van der Waals surface area contributed by atoms with Crippen LogP contribution in [-0.2, 0) is 12.8 Å². The second-order valence-electron chi connectivity index (χ2n) is 5.89. The summed E-state index contributed by atoms with van der Waals surface area (Å²) < 4.78 is 5.55. The maximum Gasteiger partial charge on any atom is 0.230 e. The number of fused-ring (bicyclic) bond motifs is 1. The Balaban J connectivity index is 1.52.